The molecule has 3 amide bonds. The van der Waals surface area contributed by atoms with E-state index in [0.717, 1.165) is 17.0 Å². The Hall–Kier alpha value is -3.56. The molecule has 1 fully saturated rings. The number of carbonyl (C=O) groups is 3. The fraction of sp³-hybridized carbons (Fsp3) is 0.286. The fourth-order valence-corrected chi connectivity index (χ4v) is 3.44. The van der Waals surface area contributed by atoms with E-state index in [1.165, 1.54) is 19.1 Å². The number of amides is 3. The Bertz CT molecular complexity index is 963. The Morgan fingerprint density at radius 1 is 1.13 bits per heavy atom. The molecule has 2 aromatic rings. The van der Waals surface area contributed by atoms with Gasteiger partial charge in [0, 0.05) is 5.92 Å². The van der Waals surface area contributed by atoms with E-state index in [1.807, 2.05) is 0 Å². The van der Waals surface area contributed by atoms with Crippen LogP contribution in [0.2, 0.25) is 0 Å². The third-order valence-corrected chi connectivity index (χ3v) is 5.10. The summed E-state index contributed by atoms with van der Waals surface area (Å²) in [6.07, 6.45) is -6.96. The van der Waals surface area contributed by atoms with Crippen molar-refractivity contribution in [1.29, 1.82) is 0 Å². The maximum Gasteiger partial charge on any atom is 0.417 e. The minimum Gasteiger partial charge on any atom is -0.465 e. The molecule has 2 aromatic carbocycles. The molecule has 1 aliphatic rings. The molecule has 164 valence electrons. The highest BCUT2D eigenvalue weighted by molar-refractivity contribution is 5.98. The van der Waals surface area contributed by atoms with Gasteiger partial charge in [-0.25, -0.2) is 14.5 Å². The molecule has 10 heteroatoms. The van der Waals surface area contributed by atoms with Crippen LogP contribution in [-0.2, 0) is 15.7 Å². The zero-order valence-corrected chi connectivity index (χ0v) is 16.3. The molecule has 0 bridgehead atoms. The summed E-state index contributed by atoms with van der Waals surface area (Å²) in [6, 6.07) is 10.5. The Morgan fingerprint density at radius 3 is 2.29 bits per heavy atom. The first-order valence-corrected chi connectivity index (χ1v) is 9.31. The number of hydrogen-bond donors (Lipinski definition) is 2. The van der Waals surface area contributed by atoms with Gasteiger partial charge in [0.05, 0.1) is 5.56 Å². The summed E-state index contributed by atoms with van der Waals surface area (Å²) in [4.78, 5) is 37.7. The summed E-state index contributed by atoms with van der Waals surface area (Å²) < 4.78 is 43.5. The third-order valence-electron chi connectivity index (χ3n) is 5.10. The van der Waals surface area contributed by atoms with Gasteiger partial charge >= 0.3 is 18.4 Å². The summed E-state index contributed by atoms with van der Waals surface area (Å²) in [5.41, 5.74) is 0.0478. The predicted octanol–water partition coefficient (Wildman–Crippen LogP) is 4.17. The van der Waals surface area contributed by atoms with Gasteiger partial charge in [0.25, 0.3) is 5.91 Å². The topological polar surface area (TPSA) is 95.9 Å². The van der Waals surface area contributed by atoms with Crippen LogP contribution in [0.15, 0.2) is 54.6 Å². The van der Waals surface area contributed by atoms with Gasteiger partial charge in [-0.1, -0.05) is 49.4 Å². The minimum atomic E-state index is -4.53. The van der Waals surface area contributed by atoms with Crippen LogP contribution < -0.4 is 5.32 Å². The molecule has 0 unspecified atom stereocenters. The average molecular weight is 436 g/mol. The van der Waals surface area contributed by atoms with E-state index in [1.54, 1.807) is 30.3 Å². The summed E-state index contributed by atoms with van der Waals surface area (Å²) in [6.45, 7) is 1.39. The van der Waals surface area contributed by atoms with Gasteiger partial charge in [-0.2, -0.15) is 13.2 Å². The highest BCUT2D eigenvalue weighted by Gasteiger charge is 2.44. The monoisotopic (exact) mass is 436 g/mol. The Labute approximate surface area is 175 Å². The largest absolute Gasteiger partial charge is 0.465 e. The molecule has 7 nitrogen and oxygen atoms in total. The second-order valence-electron chi connectivity index (χ2n) is 7.05. The number of alkyl halides is 3. The molecule has 3 rings (SSSR count). The lowest BCUT2D eigenvalue weighted by molar-refractivity contribution is -0.137. The van der Waals surface area contributed by atoms with Crippen LogP contribution in [-0.4, -0.2) is 40.7 Å². The number of nitrogens with one attached hydrogen (secondary N) is 1. The van der Waals surface area contributed by atoms with Crippen LogP contribution in [0.4, 0.5) is 22.8 Å². The molecule has 0 radical (unpaired) electrons. The lowest BCUT2D eigenvalue weighted by Gasteiger charge is -2.29. The average Bonchev–Trinajstić information content (AvgIpc) is 3.12. The molecule has 1 heterocycles. The van der Waals surface area contributed by atoms with Gasteiger partial charge < -0.3 is 15.2 Å². The summed E-state index contributed by atoms with van der Waals surface area (Å²) in [7, 11) is 0. The number of halogens is 3. The van der Waals surface area contributed by atoms with Crippen molar-refractivity contribution in [2.45, 2.75) is 31.1 Å². The van der Waals surface area contributed by atoms with E-state index in [-0.39, 0.29) is 6.61 Å². The predicted molar refractivity (Wildman–Crippen MR) is 102 cm³/mol. The second kappa shape index (κ2) is 8.66. The molecular formula is C21H19F3N2O5. The number of hydrogen-bond acceptors (Lipinski definition) is 4. The quantitative estimate of drug-likeness (QED) is 0.734. The first kappa shape index (κ1) is 22.1. The molecule has 0 spiro atoms. The zero-order chi connectivity index (χ0) is 22.8. The normalized spacial score (nSPS) is 18.3. The highest BCUT2D eigenvalue weighted by atomic mass is 19.4. The van der Waals surface area contributed by atoms with Crippen LogP contribution >= 0.6 is 0 Å². The Morgan fingerprint density at radius 2 is 1.74 bits per heavy atom. The fourth-order valence-electron chi connectivity index (χ4n) is 3.44. The van der Waals surface area contributed by atoms with Crippen molar-refractivity contribution >= 4 is 18.1 Å². The van der Waals surface area contributed by atoms with Crippen molar-refractivity contribution in [2.75, 3.05) is 6.61 Å². The van der Waals surface area contributed by atoms with Crippen LogP contribution in [0.3, 0.4) is 0 Å². The molecule has 3 atom stereocenters. The molecule has 31 heavy (non-hydrogen) atoms. The zero-order valence-electron chi connectivity index (χ0n) is 16.3. The van der Waals surface area contributed by atoms with Gasteiger partial charge in [-0.05, 0) is 23.3 Å². The summed E-state index contributed by atoms with van der Waals surface area (Å²) >= 11 is 0. The van der Waals surface area contributed by atoms with E-state index < -0.39 is 47.8 Å². The van der Waals surface area contributed by atoms with Crippen molar-refractivity contribution < 1.29 is 37.4 Å². The van der Waals surface area contributed by atoms with Gasteiger partial charge in [0.15, 0.2) is 0 Å². The maximum atomic E-state index is 13.2. The number of imide groups is 1. The van der Waals surface area contributed by atoms with Crippen molar-refractivity contribution in [1.82, 2.24) is 10.2 Å². The van der Waals surface area contributed by atoms with Gasteiger partial charge in [0.2, 0.25) is 0 Å². The van der Waals surface area contributed by atoms with Gasteiger partial charge in [-0.15, -0.1) is 0 Å². The Kier molecular flexibility index (Phi) is 6.19. The third kappa shape index (κ3) is 4.79. The number of ether oxygens (including phenoxy) is 1. The molecule has 1 aliphatic heterocycles. The number of benzene rings is 2. The molecule has 0 aromatic heterocycles. The highest BCUT2D eigenvalue weighted by Crippen LogP contribution is 2.33. The van der Waals surface area contributed by atoms with E-state index in [9.17, 15) is 32.7 Å². The molecule has 2 N–H and O–H groups in total. The van der Waals surface area contributed by atoms with Crippen molar-refractivity contribution in [2.24, 2.45) is 0 Å². The van der Waals surface area contributed by atoms with Crippen molar-refractivity contribution in [3.05, 3.63) is 71.3 Å². The summed E-state index contributed by atoms with van der Waals surface area (Å²) in [5, 5.41) is 11.3. The van der Waals surface area contributed by atoms with Gasteiger partial charge in [-0.3, -0.25) is 4.79 Å². The lowest BCUT2D eigenvalue weighted by atomic mass is 9.91. The minimum absolute atomic E-state index is 0.0942. The second-order valence-corrected chi connectivity index (χ2v) is 7.05. The van der Waals surface area contributed by atoms with Crippen LogP contribution in [0.25, 0.3) is 0 Å². The van der Waals surface area contributed by atoms with Crippen LogP contribution in [0, 0.1) is 0 Å². The SMILES string of the molecule is C[C@@H](c1ccc(C(F)(F)F)cc1)[C@H](NC(=O)O)C(=O)N1C(=O)OC[C@H]1c1ccccc1. The number of rotatable bonds is 5. The molecular weight excluding hydrogens is 417 g/mol. The molecule has 0 aliphatic carbocycles. The van der Waals surface area contributed by atoms with Crippen molar-refractivity contribution in [3.8, 4) is 0 Å². The number of carboxylic acid groups (broad SMARTS) is 1. The number of carbonyl (C=O) groups excluding carboxylic acids is 2. The van der Waals surface area contributed by atoms with Gasteiger partial charge in [0.1, 0.15) is 18.7 Å². The van der Waals surface area contributed by atoms with Crippen LogP contribution in [0.5, 0.6) is 0 Å². The summed E-state index contributed by atoms with van der Waals surface area (Å²) in [5.74, 6) is -1.72. The first-order chi connectivity index (χ1) is 14.6. The first-order valence-electron chi connectivity index (χ1n) is 9.31. The molecule has 0 saturated carbocycles. The van der Waals surface area contributed by atoms with Crippen LogP contribution in [0.1, 0.15) is 35.6 Å². The van der Waals surface area contributed by atoms with E-state index in [2.05, 4.69) is 5.32 Å². The number of cyclic esters (lactones) is 1. The lowest BCUT2D eigenvalue weighted by Crippen LogP contribution is -2.51. The maximum absolute atomic E-state index is 13.2. The molecule has 1 saturated heterocycles. The van der Waals surface area contributed by atoms with Crippen molar-refractivity contribution in [3.63, 3.8) is 0 Å². The van der Waals surface area contributed by atoms with E-state index in [0.29, 0.717) is 11.1 Å². The standard InChI is InChI=1S/C21H19F3N2O5/c1-12(13-7-9-15(10-8-13)21(22,23)24)17(25-19(28)29)18(27)26-16(11-31-20(26)30)14-5-3-2-4-6-14/h2-10,12,16-17,25H,11H2,1H3,(H,28,29)/t12-,16-,17-/m0/s1. The number of nitrogens with zero attached hydrogens (tertiary/aromatic N) is 1. The van der Waals surface area contributed by atoms with E-state index in [4.69, 9.17) is 4.74 Å². The smallest absolute Gasteiger partial charge is 0.417 e. The Balaban J connectivity index is 1.91. The van der Waals surface area contributed by atoms with E-state index >= 15 is 0 Å².